The number of anilines is 1. The summed E-state index contributed by atoms with van der Waals surface area (Å²) in [6.07, 6.45) is 0. The lowest BCUT2D eigenvalue weighted by molar-refractivity contribution is -0.162. The van der Waals surface area contributed by atoms with Gasteiger partial charge in [-0.05, 0) is 37.1 Å². The van der Waals surface area contributed by atoms with Crippen LogP contribution in [0.3, 0.4) is 0 Å². The van der Waals surface area contributed by atoms with Gasteiger partial charge in [0.2, 0.25) is 5.41 Å². The lowest BCUT2D eigenvalue weighted by atomic mass is 9.69. The van der Waals surface area contributed by atoms with Crippen molar-refractivity contribution in [3.05, 3.63) is 102 Å². The fraction of sp³-hybridized carbons (Fsp3) is 0.179. The fourth-order valence-electron chi connectivity index (χ4n) is 3.98. The molecule has 1 heterocycles. The molecule has 0 saturated carbocycles. The molecule has 0 saturated heterocycles. The zero-order valence-corrected chi connectivity index (χ0v) is 20.0. The third-order valence-corrected chi connectivity index (χ3v) is 5.56. The largest absolute Gasteiger partial charge is 0.465 e. The lowest BCUT2D eigenvalue weighted by Crippen LogP contribution is -2.59. The predicted molar refractivity (Wildman–Crippen MR) is 136 cm³/mol. The normalized spacial score (nSPS) is 14.3. The Morgan fingerprint density at radius 3 is 1.58 bits per heavy atom. The van der Waals surface area contributed by atoms with Gasteiger partial charge < -0.3 is 9.47 Å². The number of esters is 2. The summed E-state index contributed by atoms with van der Waals surface area (Å²) in [6, 6.07) is 26.5. The highest BCUT2D eigenvalue weighted by Crippen LogP contribution is 2.38. The summed E-state index contributed by atoms with van der Waals surface area (Å²) in [7, 11) is 0. The van der Waals surface area contributed by atoms with E-state index in [0.717, 1.165) is 0 Å². The SMILES string of the molecule is CCOC(=O)C(=O)C1(C(=O)OCC)C(c2ccccc2)=NN(c2ccccc2)N=C1c1ccccc1. The summed E-state index contributed by atoms with van der Waals surface area (Å²) in [4.78, 5) is 40.8. The number of nitrogens with zero attached hydrogens (tertiary/aromatic N) is 3. The van der Waals surface area contributed by atoms with E-state index in [9.17, 15) is 14.4 Å². The molecule has 0 atom stereocenters. The summed E-state index contributed by atoms with van der Waals surface area (Å²) in [5.41, 5.74) is -0.772. The van der Waals surface area contributed by atoms with Crippen LogP contribution in [-0.2, 0) is 23.9 Å². The highest BCUT2D eigenvalue weighted by Gasteiger charge is 2.61. The number of carbonyl (C=O) groups is 3. The van der Waals surface area contributed by atoms with Crippen molar-refractivity contribution in [1.82, 2.24) is 0 Å². The maximum atomic E-state index is 14.0. The molecule has 3 aromatic carbocycles. The van der Waals surface area contributed by atoms with E-state index in [2.05, 4.69) is 10.2 Å². The molecule has 0 amide bonds. The second-order valence-corrected chi connectivity index (χ2v) is 7.77. The summed E-state index contributed by atoms with van der Waals surface area (Å²) >= 11 is 0. The van der Waals surface area contributed by atoms with E-state index in [-0.39, 0.29) is 24.6 Å². The molecule has 36 heavy (non-hydrogen) atoms. The van der Waals surface area contributed by atoms with Crippen LogP contribution >= 0.6 is 0 Å². The quantitative estimate of drug-likeness (QED) is 0.273. The summed E-state index contributed by atoms with van der Waals surface area (Å²) in [5, 5.41) is 10.7. The van der Waals surface area contributed by atoms with E-state index >= 15 is 0 Å². The number of ketones is 1. The van der Waals surface area contributed by atoms with Crippen LogP contribution in [0.25, 0.3) is 0 Å². The first kappa shape index (κ1) is 24.5. The third kappa shape index (κ3) is 4.40. The Hall–Kier alpha value is -4.59. The average molecular weight is 484 g/mol. The minimum absolute atomic E-state index is 0.0114. The number of benzene rings is 3. The maximum Gasteiger partial charge on any atom is 0.376 e. The average Bonchev–Trinajstić information content (AvgIpc) is 2.93. The standard InChI is InChI=1S/C28H25N3O5/c1-3-35-26(33)25(32)28(27(34)36-4-2)23(20-14-8-5-9-15-20)29-31(22-18-12-7-13-19-22)30-24(28)21-16-10-6-11-17-21/h5-19H,3-4H2,1-2H3. The van der Waals surface area contributed by atoms with Gasteiger partial charge in [-0.3, -0.25) is 9.59 Å². The number of hydrazone groups is 2. The molecule has 0 spiro atoms. The minimum atomic E-state index is -2.30. The molecule has 3 aromatic rings. The molecule has 0 aliphatic carbocycles. The van der Waals surface area contributed by atoms with Crippen LogP contribution in [-0.4, -0.2) is 42.4 Å². The Morgan fingerprint density at radius 2 is 1.14 bits per heavy atom. The van der Waals surface area contributed by atoms with Crippen molar-refractivity contribution in [3.63, 3.8) is 0 Å². The molecular formula is C28H25N3O5. The van der Waals surface area contributed by atoms with Crippen molar-refractivity contribution in [2.45, 2.75) is 13.8 Å². The first-order valence-corrected chi connectivity index (χ1v) is 11.6. The highest BCUT2D eigenvalue weighted by molar-refractivity contribution is 6.57. The highest BCUT2D eigenvalue weighted by atomic mass is 16.5. The van der Waals surface area contributed by atoms with Crippen LogP contribution in [0.15, 0.2) is 101 Å². The number of rotatable bonds is 8. The molecule has 8 nitrogen and oxygen atoms in total. The Kier molecular flexibility index (Phi) is 7.34. The van der Waals surface area contributed by atoms with E-state index in [1.165, 1.54) is 5.12 Å². The molecule has 4 rings (SSSR count). The van der Waals surface area contributed by atoms with Gasteiger partial charge in [0.25, 0.3) is 5.78 Å². The second kappa shape index (κ2) is 10.8. The van der Waals surface area contributed by atoms with E-state index in [0.29, 0.717) is 16.8 Å². The van der Waals surface area contributed by atoms with Gasteiger partial charge in [0.05, 0.1) is 18.9 Å². The van der Waals surface area contributed by atoms with Crippen LogP contribution < -0.4 is 5.12 Å². The van der Waals surface area contributed by atoms with Crippen molar-refractivity contribution in [2.75, 3.05) is 18.3 Å². The Morgan fingerprint density at radius 1 is 0.694 bits per heavy atom. The molecule has 8 heteroatoms. The van der Waals surface area contributed by atoms with Crippen molar-refractivity contribution >= 4 is 34.8 Å². The fourth-order valence-corrected chi connectivity index (χ4v) is 3.98. The van der Waals surface area contributed by atoms with Crippen LogP contribution in [0.4, 0.5) is 5.69 Å². The predicted octanol–water partition coefficient (Wildman–Crippen LogP) is 4.00. The monoisotopic (exact) mass is 483 g/mol. The van der Waals surface area contributed by atoms with Gasteiger partial charge in [-0.15, -0.1) is 0 Å². The van der Waals surface area contributed by atoms with Crippen molar-refractivity contribution in [3.8, 4) is 0 Å². The number of hydrogen-bond donors (Lipinski definition) is 0. The molecule has 0 fully saturated rings. The molecule has 182 valence electrons. The van der Waals surface area contributed by atoms with Crippen LogP contribution in [0.2, 0.25) is 0 Å². The number of hydrogen-bond acceptors (Lipinski definition) is 8. The second-order valence-electron chi connectivity index (χ2n) is 7.77. The van der Waals surface area contributed by atoms with Crippen molar-refractivity contribution in [1.29, 1.82) is 0 Å². The summed E-state index contributed by atoms with van der Waals surface area (Å²) in [6.45, 7) is 3.13. The summed E-state index contributed by atoms with van der Waals surface area (Å²) < 4.78 is 10.5. The van der Waals surface area contributed by atoms with E-state index in [1.807, 2.05) is 18.2 Å². The maximum absolute atomic E-state index is 14.0. The third-order valence-electron chi connectivity index (χ3n) is 5.56. The van der Waals surface area contributed by atoms with Gasteiger partial charge >= 0.3 is 11.9 Å². The zero-order valence-electron chi connectivity index (χ0n) is 20.0. The Bertz CT molecular complexity index is 1250. The topological polar surface area (TPSA) is 97.6 Å². The van der Waals surface area contributed by atoms with Gasteiger partial charge in [0, 0.05) is 0 Å². The smallest absolute Gasteiger partial charge is 0.376 e. The van der Waals surface area contributed by atoms with E-state index in [1.54, 1.807) is 86.6 Å². The van der Waals surface area contributed by atoms with Gasteiger partial charge in [-0.2, -0.15) is 15.3 Å². The number of carbonyl (C=O) groups excluding carboxylic acids is 3. The van der Waals surface area contributed by atoms with Gasteiger partial charge in [0.1, 0.15) is 11.4 Å². The first-order valence-electron chi connectivity index (χ1n) is 11.6. The Labute approximate surface area is 208 Å². The molecule has 0 aromatic heterocycles. The molecule has 0 bridgehead atoms. The molecule has 1 aliphatic rings. The Balaban J connectivity index is 2.09. The van der Waals surface area contributed by atoms with E-state index < -0.39 is 23.1 Å². The van der Waals surface area contributed by atoms with Crippen LogP contribution in [0.5, 0.6) is 0 Å². The molecule has 0 radical (unpaired) electrons. The molecular weight excluding hydrogens is 458 g/mol. The molecule has 1 aliphatic heterocycles. The van der Waals surface area contributed by atoms with Gasteiger partial charge in [-0.1, -0.05) is 78.9 Å². The summed E-state index contributed by atoms with van der Waals surface area (Å²) in [5.74, 6) is -3.26. The van der Waals surface area contributed by atoms with Gasteiger partial charge in [0.15, 0.2) is 0 Å². The van der Waals surface area contributed by atoms with E-state index in [4.69, 9.17) is 9.47 Å². The number of para-hydroxylation sites is 1. The minimum Gasteiger partial charge on any atom is -0.465 e. The van der Waals surface area contributed by atoms with Gasteiger partial charge in [-0.25, -0.2) is 4.79 Å². The molecule has 0 N–H and O–H groups in total. The van der Waals surface area contributed by atoms with Crippen molar-refractivity contribution < 1.29 is 23.9 Å². The lowest BCUT2D eigenvalue weighted by Gasteiger charge is -2.36. The van der Waals surface area contributed by atoms with Crippen LogP contribution in [0, 0.1) is 5.41 Å². The first-order chi connectivity index (χ1) is 17.5. The van der Waals surface area contributed by atoms with Crippen LogP contribution in [0.1, 0.15) is 25.0 Å². The van der Waals surface area contributed by atoms with Crippen molar-refractivity contribution in [2.24, 2.45) is 15.6 Å². The number of ether oxygens (including phenoxy) is 2. The molecule has 0 unspecified atom stereocenters. The number of Topliss-reactive ketones (excluding diaryl/α,β-unsaturated/α-hetero) is 1. The zero-order chi connectivity index (χ0) is 25.5.